The summed E-state index contributed by atoms with van der Waals surface area (Å²) in [5.74, 6) is 0.0823. The molecule has 0 aromatic carbocycles. The molecule has 0 spiro atoms. The Labute approximate surface area is 128 Å². The molecule has 1 fully saturated rings. The molecule has 1 rings (SSSR count). The van der Waals surface area contributed by atoms with Crippen LogP contribution in [0.5, 0.6) is 0 Å². The summed E-state index contributed by atoms with van der Waals surface area (Å²) in [7, 11) is 1.68. The van der Waals surface area contributed by atoms with Gasteiger partial charge in [-0.25, -0.2) is 0 Å². The van der Waals surface area contributed by atoms with E-state index >= 15 is 0 Å². The molecular weight excluding hydrogens is 276 g/mol. The molecule has 1 heterocycles. The van der Waals surface area contributed by atoms with Crippen LogP contribution in [0.25, 0.3) is 0 Å². The van der Waals surface area contributed by atoms with Crippen LogP contribution in [0.2, 0.25) is 0 Å². The molecule has 0 bridgehead atoms. The highest BCUT2D eigenvalue weighted by molar-refractivity contribution is 6.27. The van der Waals surface area contributed by atoms with Crippen molar-refractivity contribution in [3.8, 4) is 0 Å². The molecule has 20 heavy (non-hydrogen) atoms. The van der Waals surface area contributed by atoms with Crippen LogP contribution in [0.15, 0.2) is 0 Å². The molecule has 0 unspecified atom stereocenters. The Hall–Kier alpha value is -0.320. The van der Waals surface area contributed by atoms with Gasteiger partial charge in [-0.1, -0.05) is 0 Å². The van der Waals surface area contributed by atoms with E-state index in [0.29, 0.717) is 6.61 Å². The topological polar surface area (TPSA) is 41.6 Å². The van der Waals surface area contributed by atoms with Crippen molar-refractivity contribution < 1.29 is 9.53 Å². The van der Waals surface area contributed by atoms with Gasteiger partial charge < -0.3 is 15.0 Å². The van der Waals surface area contributed by atoms with Gasteiger partial charge in [-0.3, -0.25) is 4.79 Å². The van der Waals surface area contributed by atoms with E-state index in [1.165, 1.54) is 0 Å². The van der Waals surface area contributed by atoms with E-state index in [0.717, 1.165) is 25.8 Å². The van der Waals surface area contributed by atoms with Crippen LogP contribution in [-0.4, -0.2) is 54.1 Å². The van der Waals surface area contributed by atoms with Gasteiger partial charge in [0.2, 0.25) is 5.91 Å². The van der Waals surface area contributed by atoms with Gasteiger partial charge in [0.15, 0.2) is 0 Å². The molecule has 118 valence electrons. The number of hydrogen-bond acceptors (Lipinski definition) is 3. The number of rotatable bonds is 6. The molecule has 0 saturated carbocycles. The first-order valence-electron chi connectivity index (χ1n) is 7.34. The number of alkyl halides is 1. The van der Waals surface area contributed by atoms with Gasteiger partial charge in [-0.15, -0.1) is 11.6 Å². The number of carbonyl (C=O) groups is 1. The second-order valence-corrected chi connectivity index (χ2v) is 7.29. The normalized spacial score (nSPS) is 21.7. The molecule has 4 nitrogen and oxygen atoms in total. The van der Waals surface area contributed by atoms with Gasteiger partial charge in [0, 0.05) is 37.4 Å². The molecule has 0 aromatic heterocycles. The van der Waals surface area contributed by atoms with Gasteiger partial charge in [0.05, 0.1) is 0 Å². The Balaban J connectivity index is 2.80. The van der Waals surface area contributed by atoms with Gasteiger partial charge in [0.25, 0.3) is 0 Å². The lowest BCUT2D eigenvalue weighted by Gasteiger charge is -2.49. The zero-order chi connectivity index (χ0) is 15.4. The molecule has 1 amide bonds. The maximum atomic E-state index is 12.2. The van der Waals surface area contributed by atoms with E-state index in [1.54, 1.807) is 7.11 Å². The maximum absolute atomic E-state index is 12.2. The number of piperidine rings is 1. The SMILES string of the molecule is COCCCN(C(=O)CCl)C1CC(C)(C)NC(C)(C)C1. The highest BCUT2D eigenvalue weighted by Crippen LogP contribution is 2.31. The molecule has 1 N–H and O–H groups in total. The zero-order valence-electron chi connectivity index (χ0n) is 13.5. The van der Waals surface area contributed by atoms with Crippen molar-refractivity contribution in [2.45, 2.75) is 64.1 Å². The Kier molecular flexibility index (Phi) is 6.29. The van der Waals surface area contributed by atoms with Crippen LogP contribution < -0.4 is 5.32 Å². The molecule has 0 aliphatic carbocycles. The second kappa shape index (κ2) is 7.10. The fourth-order valence-electron chi connectivity index (χ4n) is 3.46. The van der Waals surface area contributed by atoms with E-state index in [1.807, 2.05) is 4.90 Å². The smallest absolute Gasteiger partial charge is 0.237 e. The molecule has 1 aliphatic rings. The minimum Gasteiger partial charge on any atom is -0.385 e. The molecule has 5 heteroatoms. The lowest BCUT2D eigenvalue weighted by molar-refractivity contribution is -0.132. The quantitative estimate of drug-likeness (QED) is 0.605. The van der Waals surface area contributed by atoms with E-state index in [9.17, 15) is 4.79 Å². The number of hydrogen-bond donors (Lipinski definition) is 1. The van der Waals surface area contributed by atoms with Crippen LogP contribution >= 0.6 is 11.6 Å². The van der Waals surface area contributed by atoms with Crippen LogP contribution in [0.4, 0.5) is 0 Å². The minimum absolute atomic E-state index is 0.0263. The number of carbonyl (C=O) groups excluding carboxylic acids is 1. The molecule has 0 aromatic rings. The van der Waals surface area contributed by atoms with E-state index < -0.39 is 0 Å². The van der Waals surface area contributed by atoms with Crippen molar-refractivity contribution in [2.24, 2.45) is 0 Å². The third kappa shape index (κ3) is 5.23. The summed E-state index contributed by atoms with van der Waals surface area (Å²) in [6.07, 6.45) is 2.75. The first-order valence-corrected chi connectivity index (χ1v) is 7.88. The van der Waals surface area contributed by atoms with Crippen LogP contribution in [0.3, 0.4) is 0 Å². The van der Waals surface area contributed by atoms with Crippen molar-refractivity contribution in [3.63, 3.8) is 0 Å². The fraction of sp³-hybridized carbons (Fsp3) is 0.933. The Bertz CT molecular complexity index is 316. The fourth-order valence-corrected chi connectivity index (χ4v) is 3.61. The lowest BCUT2D eigenvalue weighted by Crippen LogP contribution is -2.63. The zero-order valence-corrected chi connectivity index (χ0v) is 14.2. The van der Waals surface area contributed by atoms with Gasteiger partial charge >= 0.3 is 0 Å². The highest BCUT2D eigenvalue weighted by Gasteiger charge is 2.40. The molecule has 1 aliphatic heterocycles. The van der Waals surface area contributed by atoms with Crippen LogP contribution in [0, 0.1) is 0 Å². The number of amides is 1. The molecule has 1 saturated heterocycles. The molecular formula is C15H29ClN2O2. The summed E-state index contributed by atoms with van der Waals surface area (Å²) in [6, 6.07) is 0.240. The predicted molar refractivity (Wildman–Crippen MR) is 83.2 cm³/mol. The van der Waals surface area contributed by atoms with Crippen molar-refractivity contribution in [2.75, 3.05) is 26.1 Å². The minimum atomic E-state index is 0.0263. The van der Waals surface area contributed by atoms with E-state index in [4.69, 9.17) is 16.3 Å². The highest BCUT2D eigenvalue weighted by atomic mass is 35.5. The first kappa shape index (κ1) is 17.7. The second-order valence-electron chi connectivity index (χ2n) is 7.02. The Morgan fingerprint density at radius 1 is 1.30 bits per heavy atom. The number of nitrogens with zero attached hydrogens (tertiary/aromatic N) is 1. The average Bonchev–Trinajstić information content (AvgIpc) is 2.30. The van der Waals surface area contributed by atoms with Gasteiger partial charge in [-0.05, 0) is 47.0 Å². The lowest BCUT2D eigenvalue weighted by atomic mass is 9.79. The largest absolute Gasteiger partial charge is 0.385 e. The molecule has 0 radical (unpaired) electrons. The van der Waals surface area contributed by atoms with Crippen molar-refractivity contribution >= 4 is 17.5 Å². The first-order chi connectivity index (χ1) is 9.21. The summed E-state index contributed by atoms with van der Waals surface area (Å²) < 4.78 is 5.09. The third-order valence-electron chi connectivity index (χ3n) is 3.79. The summed E-state index contributed by atoms with van der Waals surface area (Å²) in [5, 5.41) is 3.65. The van der Waals surface area contributed by atoms with E-state index in [-0.39, 0.29) is 28.9 Å². The number of methoxy groups -OCH3 is 1. The van der Waals surface area contributed by atoms with Gasteiger partial charge in [-0.2, -0.15) is 0 Å². The van der Waals surface area contributed by atoms with Crippen LogP contribution in [0.1, 0.15) is 47.0 Å². The summed E-state index contributed by atoms with van der Waals surface area (Å²) in [6.45, 7) is 10.2. The van der Waals surface area contributed by atoms with Crippen molar-refractivity contribution in [1.82, 2.24) is 10.2 Å². The Morgan fingerprint density at radius 3 is 2.30 bits per heavy atom. The van der Waals surface area contributed by atoms with Crippen LogP contribution in [-0.2, 0) is 9.53 Å². The summed E-state index contributed by atoms with van der Waals surface area (Å²) in [5.41, 5.74) is 0.0526. The Morgan fingerprint density at radius 2 is 1.85 bits per heavy atom. The molecule has 0 atom stereocenters. The number of halogens is 1. The third-order valence-corrected chi connectivity index (χ3v) is 4.02. The summed E-state index contributed by atoms with van der Waals surface area (Å²) in [4.78, 5) is 14.1. The predicted octanol–water partition coefficient (Wildman–Crippen LogP) is 2.40. The van der Waals surface area contributed by atoms with Gasteiger partial charge in [0.1, 0.15) is 5.88 Å². The maximum Gasteiger partial charge on any atom is 0.237 e. The average molecular weight is 305 g/mol. The monoisotopic (exact) mass is 304 g/mol. The standard InChI is InChI=1S/C15H29ClN2O2/c1-14(2)9-12(10-15(3,4)17-14)18(13(19)11-16)7-6-8-20-5/h12,17H,6-11H2,1-5H3. The van der Waals surface area contributed by atoms with E-state index in [2.05, 4.69) is 33.0 Å². The number of ether oxygens (including phenoxy) is 1. The summed E-state index contributed by atoms with van der Waals surface area (Å²) >= 11 is 5.78. The van der Waals surface area contributed by atoms with Crippen molar-refractivity contribution in [1.29, 1.82) is 0 Å². The van der Waals surface area contributed by atoms with Crippen molar-refractivity contribution in [3.05, 3.63) is 0 Å². The number of nitrogens with one attached hydrogen (secondary N) is 1.